The van der Waals surface area contributed by atoms with Crippen molar-refractivity contribution in [1.29, 1.82) is 0 Å². The van der Waals surface area contributed by atoms with Gasteiger partial charge in [-0.05, 0) is 39.1 Å². The molecule has 5 nitrogen and oxygen atoms in total. The van der Waals surface area contributed by atoms with Gasteiger partial charge in [-0.2, -0.15) is 0 Å². The fourth-order valence-corrected chi connectivity index (χ4v) is 1.81. The Labute approximate surface area is 105 Å². The highest BCUT2D eigenvalue weighted by atomic mass is 16.4. The third kappa shape index (κ3) is 7.99. The van der Waals surface area contributed by atoms with E-state index in [4.69, 9.17) is 10.9 Å². The van der Waals surface area contributed by atoms with E-state index in [1.165, 1.54) is 6.42 Å². The molecule has 0 saturated heterocycles. The van der Waals surface area contributed by atoms with E-state index in [1.807, 2.05) is 0 Å². The van der Waals surface area contributed by atoms with E-state index < -0.39 is 0 Å². The minimum Gasteiger partial charge on any atom is -0.409 e. The molecule has 0 aromatic heterocycles. The van der Waals surface area contributed by atoms with Crippen molar-refractivity contribution in [3.05, 3.63) is 0 Å². The summed E-state index contributed by atoms with van der Waals surface area (Å²) in [6.45, 7) is 12.9. The van der Waals surface area contributed by atoms with Gasteiger partial charge < -0.3 is 20.7 Å². The smallest absolute Gasteiger partial charge is 0.140 e. The molecular formula is C12H28N4O. The third-order valence-corrected chi connectivity index (χ3v) is 3.10. The monoisotopic (exact) mass is 244 g/mol. The van der Waals surface area contributed by atoms with Gasteiger partial charge in [0, 0.05) is 13.0 Å². The van der Waals surface area contributed by atoms with Crippen molar-refractivity contribution in [2.75, 3.05) is 39.3 Å². The Morgan fingerprint density at radius 2 is 1.53 bits per heavy atom. The lowest BCUT2D eigenvalue weighted by Gasteiger charge is -2.23. The van der Waals surface area contributed by atoms with Crippen molar-refractivity contribution in [3.8, 4) is 0 Å². The fourth-order valence-electron chi connectivity index (χ4n) is 1.81. The zero-order chi connectivity index (χ0) is 13.1. The molecular weight excluding hydrogens is 216 g/mol. The molecule has 0 aliphatic rings. The van der Waals surface area contributed by atoms with Crippen molar-refractivity contribution in [2.45, 2.75) is 33.6 Å². The minimum atomic E-state index is 0.312. The summed E-state index contributed by atoms with van der Waals surface area (Å²) in [4.78, 5) is 4.76. The summed E-state index contributed by atoms with van der Waals surface area (Å²) in [5, 5.41) is 11.5. The zero-order valence-corrected chi connectivity index (χ0v) is 11.5. The summed E-state index contributed by atoms with van der Waals surface area (Å²) >= 11 is 0. The van der Waals surface area contributed by atoms with E-state index in [0.29, 0.717) is 12.3 Å². The van der Waals surface area contributed by atoms with E-state index in [2.05, 4.69) is 35.7 Å². The van der Waals surface area contributed by atoms with E-state index in [-0.39, 0.29) is 0 Å². The van der Waals surface area contributed by atoms with Gasteiger partial charge in [0.15, 0.2) is 0 Å². The first-order valence-electron chi connectivity index (χ1n) is 6.58. The van der Waals surface area contributed by atoms with Gasteiger partial charge in [0.05, 0.1) is 0 Å². The predicted molar refractivity (Wildman–Crippen MR) is 72.5 cm³/mol. The second-order valence-corrected chi connectivity index (χ2v) is 4.16. The van der Waals surface area contributed by atoms with Crippen molar-refractivity contribution in [2.24, 2.45) is 10.9 Å². The second-order valence-electron chi connectivity index (χ2n) is 4.16. The lowest BCUT2D eigenvalue weighted by atomic mass is 10.3. The molecule has 0 aliphatic carbocycles. The Bertz CT molecular complexity index is 205. The maximum absolute atomic E-state index is 8.47. The van der Waals surface area contributed by atoms with Crippen LogP contribution in [-0.2, 0) is 0 Å². The molecule has 0 radical (unpaired) electrons. The van der Waals surface area contributed by atoms with Crippen LogP contribution in [0.25, 0.3) is 0 Å². The summed E-state index contributed by atoms with van der Waals surface area (Å²) < 4.78 is 0. The Morgan fingerprint density at radius 1 is 1.00 bits per heavy atom. The van der Waals surface area contributed by atoms with E-state index in [0.717, 1.165) is 39.3 Å². The van der Waals surface area contributed by atoms with Crippen LogP contribution < -0.4 is 5.73 Å². The highest BCUT2D eigenvalue weighted by molar-refractivity contribution is 5.79. The number of rotatable bonds is 10. The second kappa shape index (κ2) is 10.4. The molecule has 0 heterocycles. The van der Waals surface area contributed by atoms with Crippen LogP contribution in [0.4, 0.5) is 0 Å². The van der Waals surface area contributed by atoms with Crippen LogP contribution >= 0.6 is 0 Å². The molecule has 0 aromatic carbocycles. The van der Waals surface area contributed by atoms with Crippen molar-refractivity contribution in [1.82, 2.24) is 9.80 Å². The highest BCUT2D eigenvalue weighted by Gasteiger charge is 2.05. The molecule has 0 atom stereocenters. The summed E-state index contributed by atoms with van der Waals surface area (Å²) in [5.74, 6) is 0.312. The minimum absolute atomic E-state index is 0.312. The first kappa shape index (κ1) is 16.2. The largest absolute Gasteiger partial charge is 0.409 e. The van der Waals surface area contributed by atoms with E-state index in [9.17, 15) is 0 Å². The summed E-state index contributed by atoms with van der Waals surface area (Å²) in [6.07, 6.45) is 1.81. The molecule has 0 bridgehead atoms. The van der Waals surface area contributed by atoms with Crippen LogP contribution in [0.2, 0.25) is 0 Å². The molecule has 0 amide bonds. The molecule has 0 saturated carbocycles. The average Bonchev–Trinajstić information content (AvgIpc) is 2.37. The lowest BCUT2D eigenvalue weighted by Crippen LogP contribution is -2.32. The normalized spacial score (nSPS) is 12.6. The van der Waals surface area contributed by atoms with Gasteiger partial charge in [0.2, 0.25) is 0 Å². The quantitative estimate of drug-likeness (QED) is 0.262. The van der Waals surface area contributed by atoms with Crippen LogP contribution in [0.3, 0.4) is 0 Å². The van der Waals surface area contributed by atoms with Crippen LogP contribution in [0, 0.1) is 0 Å². The molecule has 3 N–H and O–H groups in total. The maximum atomic E-state index is 8.47. The number of hydrogen-bond donors (Lipinski definition) is 2. The number of nitrogens with two attached hydrogens (primary N) is 1. The predicted octanol–water partition coefficient (Wildman–Crippen LogP) is 1.18. The Kier molecular flexibility index (Phi) is 9.86. The van der Waals surface area contributed by atoms with Gasteiger partial charge in [0.1, 0.15) is 5.84 Å². The van der Waals surface area contributed by atoms with Crippen LogP contribution in [0.1, 0.15) is 33.6 Å². The van der Waals surface area contributed by atoms with Crippen molar-refractivity contribution < 1.29 is 5.21 Å². The summed E-state index contributed by atoms with van der Waals surface area (Å²) in [7, 11) is 0. The molecule has 0 aliphatic heterocycles. The number of nitrogens with zero attached hydrogens (tertiary/aromatic N) is 3. The van der Waals surface area contributed by atoms with Gasteiger partial charge in [-0.15, -0.1) is 0 Å². The van der Waals surface area contributed by atoms with Crippen LogP contribution in [-0.4, -0.2) is 60.1 Å². The van der Waals surface area contributed by atoms with Crippen LogP contribution in [0.5, 0.6) is 0 Å². The Balaban J connectivity index is 3.74. The Morgan fingerprint density at radius 3 is 2.00 bits per heavy atom. The van der Waals surface area contributed by atoms with Gasteiger partial charge >= 0.3 is 0 Å². The molecule has 0 rings (SSSR count). The standard InChI is InChI=1S/C12H28N4O/c1-4-15(5-2)9-7-10-16(6-3)11-8-12(13)14-17/h17H,4-11H2,1-3H3,(H2,13,14). The number of amidine groups is 1. The number of hydrogen-bond acceptors (Lipinski definition) is 4. The van der Waals surface area contributed by atoms with Gasteiger partial charge in [-0.1, -0.05) is 25.9 Å². The molecule has 102 valence electrons. The molecule has 0 spiro atoms. The molecule has 0 aromatic rings. The van der Waals surface area contributed by atoms with E-state index in [1.54, 1.807) is 0 Å². The third-order valence-electron chi connectivity index (χ3n) is 3.10. The molecule has 5 heteroatoms. The topological polar surface area (TPSA) is 65.1 Å². The fraction of sp³-hybridized carbons (Fsp3) is 0.917. The molecule has 17 heavy (non-hydrogen) atoms. The molecule has 0 fully saturated rings. The van der Waals surface area contributed by atoms with E-state index >= 15 is 0 Å². The van der Waals surface area contributed by atoms with Crippen molar-refractivity contribution >= 4 is 5.84 Å². The van der Waals surface area contributed by atoms with Gasteiger partial charge in [-0.25, -0.2) is 0 Å². The Hall–Kier alpha value is -0.810. The van der Waals surface area contributed by atoms with Crippen LogP contribution in [0.15, 0.2) is 5.16 Å². The van der Waals surface area contributed by atoms with Gasteiger partial charge in [0.25, 0.3) is 0 Å². The van der Waals surface area contributed by atoms with Crippen molar-refractivity contribution in [3.63, 3.8) is 0 Å². The van der Waals surface area contributed by atoms with Gasteiger partial charge in [-0.3, -0.25) is 0 Å². The molecule has 0 unspecified atom stereocenters. The lowest BCUT2D eigenvalue weighted by molar-refractivity contribution is 0.246. The number of oxime groups is 1. The summed E-state index contributed by atoms with van der Waals surface area (Å²) in [5.41, 5.74) is 5.46. The first-order chi connectivity index (χ1) is 8.17. The summed E-state index contributed by atoms with van der Waals surface area (Å²) in [6, 6.07) is 0. The maximum Gasteiger partial charge on any atom is 0.140 e. The SMILES string of the molecule is CCN(CC)CCCN(CC)CCC(N)=NO. The first-order valence-corrected chi connectivity index (χ1v) is 6.58. The zero-order valence-electron chi connectivity index (χ0n) is 11.5. The average molecular weight is 244 g/mol. The highest BCUT2D eigenvalue weighted by Crippen LogP contribution is 1.97.